The molecule has 0 radical (unpaired) electrons. The molecule has 5 heteroatoms. The maximum atomic E-state index is 6.16. The molecule has 2 aromatic heterocycles. The predicted octanol–water partition coefficient (Wildman–Crippen LogP) is 2.87. The van der Waals surface area contributed by atoms with Crippen molar-refractivity contribution in [2.45, 2.75) is 39.4 Å². The van der Waals surface area contributed by atoms with Crippen LogP contribution in [0.2, 0.25) is 0 Å². The smallest absolute Gasteiger partial charge is 0.133 e. The first-order valence-electron chi connectivity index (χ1n) is 6.41. The van der Waals surface area contributed by atoms with Gasteiger partial charge in [0.15, 0.2) is 0 Å². The summed E-state index contributed by atoms with van der Waals surface area (Å²) in [4.78, 5) is 4.84. The Labute approximate surface area is 118 Å². The molecule has 2 heterocycles. The van der Waals surface area contributed by atoms with Crippen LogP contribution >= 0.6 is 11.3 Å². The maximum Gasteiger partial charge on any atom is 0.133 e. The van der Waals surface area contributed by atoms with Gasteiger partial charge in [0.05, 0.1) is 11.7 Å². The van der Waals surface area contributed by atoms with E-state index in [0.29, 0.717) is 0 Å². The van der Waals surface area contributed by atoms with Crippen molar-refractivity contribution >= 4 is 11.3 Å². The molecule has 104 valence electrons. The molecule has 2 aromatic rings. The van der Waals surface area contributed by atoms with Gasteiger partial charge in [0, 0.05) is 28.4 Å². The quantitative estimate of drug-likeness (QED) is 0.914. The molecule has 2 rings (SSSR count). The van der Waals surface area contributed by atoms with E-state index in [1.54, 1.807) is 11.3 Å². The molecule has 0 saturated carbocycles. The molecule has 4 nitrogen and oxygen atoms in total. The zero-order chi connectivity index (χ0) is 14.0. The summed E-state index contributed by atoms with van der Waals surface area (Å²) in [6.45, 7) is 6.81. The average molecular weight is 279 g/mol. The monoisotopic (exact) mass is 279 g/mol. The van der Waals surface area contributed by atoms with Crippen molar-refractivity contribution in [3.8, 4) is 0 Å². The number of aryl methyl sites for hydroxylation is 2. The number of nitrogens with two attached hydrogens (primary N) is 1. The van der Waals surface area contributed by atoms with E-state index >= 15 is 0 Å². The van der Waals surface area contributed by atoms with Crippen molar-refractivity contribution in [1.82, 2.24) is 10.1 Å². The Morgan fingerprint density at radius 2 is 2.16 bits per heavy atom. The van der Waals surface area contributed by atoms with Crippen LogP contribution in [0.15, 0.2) is 22.7 Å². The van der Waals surface area contributed by atoms with Crippen LogP contribution in [-0.4, -0.2) is 23.1 Å². The topological polar surface area (TPSA) is 55.3 Å². The van der Waals surface area contributed by atoms with Crippen molar-refractivity contribution in [3.63, 3.8) is 0 Å². The van der Waals surface area contributed by atoms with Gasteiger partial charge in [0.2, 0.25) is 0 Å². The van der Waals surface area contributed by atoms with Crippen molar-refractivity contribution < 1.29 is 4.52 Å². The second-order valence-electron chi connectivity index (χ2n) is 5.10. The Hall–Kier alpha value is -1.17. The van der Waals surface area contributed by atoms with E-state index in [1.165, 1.54) is 9.75 Å². The molecule has 0 aliphatic heterocycles. The third-order valence-corrected chi connectivity index (χ3v) is 4.19. The summed E-state index contributed by atoms with van der Waals surface area (Å²) in [6, 6.07) is 6.54. The fourth-order valence-corrected chi connectivity index (χ4v) is 3.50. The van der Waals surface area contributed by atoms with Crippen LogP contribution in [0.1, 0.15) is 34.2 Å². The molecule has 0 amide bonds. The van der Waals surface area contributed by atoms with Gasteiger partial charge in [-0.2, -0.15) is 0 Å². The lowest BCUT2D eigenvalue weighted by atomic mass is 10.1. The van der Waals surface area contributed by atoms with Crippen LogP contribution in [0.5, 0.6) is 0 Å². The number of rotatable bonds is 5. The highest BCUT2D eigenvalue weighted by Gasteiger charge is 2.23. The van der Waals surface area contributed by atoms with Crippen molar-refractivity contribution in [1.29, 1.82) is 0 Å². The number of thiophene rings is 1. The molecule has 2 atom stereocenters. The molecule has 2 unspecified atom stereocenters. The number of nitrogens with zero attached hydrogens (tertiary/aromatic N) is 2. The van der Waals surface area contributed by atoms with Gasteiger partial charge in [-0.3, -0.25) is 4.90 Å². The maximum absolute atomic E-state index is 6.16. The van der Waals surface area contributed by atoms with Gasteiger partial charge in [-0.25, -0.2) is 0 Å². The first-order valence-corrected chi connectivity index (χ1v) is 7.23. The summed E-state index contributed by atoms with van der Waals surface area (Å²) in [6.07, 6.45) is 0. The summed E-state index contributed by atoms with van der Waals surface area (Å²) in [5.74, 6) is 0.840. The summed E-state index contributed by atoms with van der Waals surface area (Å²) >= 11 is 1.80. The third-order valence-electron chi connectivity index (χ3n) is 3.11. The van der Waals surface area contributed by atoms with Gasteiger partial charge < -0.3 is 10.3 Å². The van der Waals surface area contributed by atoms with E-state index in [2.05, 4.69) is 36.2 Å². The lowest BCUT2D eigenvalue weighted by molar-refractivity contribution is 0.208. The van der Waals surface area contributed by atoms with Gasteiger partial charge >= 0.3 is 0 Å². The molecule has 0 aliphatic carbocycles. The molecule has 19 heavy (non-hydrogen) atoms. The van der Waals surface area contributed by atoms with E-state index in [0.717, 1.165) is 18.0 Å². The molecule has 0 spiro atoms. The molecule has 0 fully saturated rings. The highest BCUT2D eigenvalue weighted by Crippen LogP contribution is 2.29. The zero-order valence-electron chi connectivity index (χ0n) is 11.9. The third kappa shape index (κ3) is 3.43. The normalized spacial score (nSPS) is 14.8. The minimum atomic E-state index is 0.0658. The van der Waals surface area contributed by atoms with E-state index in [-0.39, 0.29) is 12.1 Å². The zero-order valence-corrected chi connectivity index (χ0v) is 12.7. The van der Waals surface area contributed by atoms with E-state index < -0.39 is 0 Å². The number of hydrogen-bond acceptors (Lipinski definition) is 5. The summed E-state index contributed by atoms with van der Waals surface area (Å²) in [5.41, 5.74) is 7.10. The molecule has 0 aliphatic rings. The van der Waals surface area contributed by atoms with Crippen LogP contribution in [-0.2, 0) is 6.54 Å². The van der Waals surface area contributed by atoms with E-state index in [9.17, 15) is 0 Å². The summed E-state index contributed by atoms with van der Waals surface area (Å²) in [5, 5.41) is 4.04. The lowest BCUT2D eigenvalue weighted by Gasteiger charge is -2.29. The van der Waals surface area contributed by atoms with Gasteiger partial charge in [0.25, 0.3) is 0 Å². The lowest BCUT2D eigenvalue weighted by Crippen LogP contribution is -2.36. The SMILES string of the molecule is Cc1cc(CN(C)C(c2ccc(C)s2)C(C)N)no1. The molecular weight excluding hydrogens is 258 g/mol. The van der Waals surface area contributed by atoms with Gasteiger partial charge in [-0.1, -0.05) is 5.16 Å². The Kier molecular flexibility index (Phi) is 4.39. The van der Waals surface area contributed by atoms with E-state index in [4.69, 9.17) is 10.3 Å². The van der Waals surface area contributed by atoms with Crippen LogP contribution < -0.4 is 5.73 Å². The van der Waals surface area contributed by atoms with E-state index in [1.807, 2.05) is 19.9 Å². The Morgan fingerprint density at radius 1 is 1.42 bits per heavy atom. The Bertz CT molecular complexity index is 532. The van der Waals surface area contributed by atoms with Crippen LogP contribution in [0, 0.1) is 13.8 Å². The van der Waals surface area contributed by atoms with Crippen molar-refractivity contribution in [2.24, 2.45) is 5.73 Å². The minimum Gasteiger partial charge on any atom is -0.361 e. The average Bonchev–Trinajstić information content (AvgIpc) is 2.88. The number of aromatic nitrogens is 1. The number of hydrogen-bond donors (Lipinski definition) is 1. The second kappa shape index (κ2) is 5.86. The van der Waals surface area contributed by atoms with Crippen molar-refractivity contribution in [2.75, 3.05) is 7.05 Å². The fraction of sp³-hybridized carbons (Fsp3) is 0.500. The fourth-order valence-electron chi connectivity index (χ4n) is 2.34. The molecule has 0 bridgehead atoms. The van der Waals surface area contributed by atoms with Gasteiger partial charge in [-0.15, -0.1) is 11.3 Å². The number of likely N-dealkylation sites (N-methyl/N-ethyl adjacent to an activating group) is 1. The first-order chi connectivity index (χ1) is 8.97. The second-order valence-corrected chi connectivity index (χ2v) is 6.42. The van der Waals surface area contributed by atoms with Crippen molar-refractivity contribution in [3.05, 3.63) is 39.4 Å². The van der Waals surface area contributed by atoms with Crippen LogP contribution in [0.25, 0.3) is 0 Å². The van der Waals surface area contributed by atoms with Crippen LogP contribution in [0.4, 0.5) is 0 Å². The van der Waals surface area contributed by atoms with Gasteiger partial charge in [-0.05, 0) is 40.0 Å². The summed E-state index contributed by atoms with van der Waals surface area (Å²) < 4.78 is 5.11. The largest absolute Gasteiger partial charge is 0.361 e. The minimum absolute atomic E-state index is 0.0658. The molecular formula is C14H21N3OS. The molecule has 0 saturated heterocycles. The Balaban J connectivity index is 2.15. The van der Waals surface area contributed by atoms with Gasteiger partial charge in [0.1, 0.15) is 5.76 Å². The highest BCUT2D eigenvalue weighted by atomic mass is 32.1. The highest BCUT2D eigenvalue weighted by molar-refractivity contribution is 7.12. The predicted molar refractivity (Wildman–Crippen MR) is 78.2 cm³/mol. The molecule has 0 aromatic carbocycles. The summed E-state index contributed by atoms with van der Waals surface area (Å²) in [7, 11) is 2.08. The molecule has 2 N–H and O–H groups in total. The standard InChI is InChI=1S/C14H21N3OS/c1-9-7-12(16-18-9)8-17(4)14(11(3)15)13-6-5-10(2)19-13/h5-7,11,14H,8,15H2,1-4H3. The Morgan fingerprint density at radius 3 is 2.63 bits per heavy atom. The van der Waals surface area contributed by atoms with Crippen LogP contribution in [0.3, 0.4) is 0 Å². The first kappa shape index (κ1) is 14.2.